The second-order valence-corrected chi connectivity index (χ2v) is 8.60. The Labute approximate surface area is 172 Å². The third-order valence-electron chi connectivity index (χ3n) is 6.12. The van der Waals surface area contributed by atoms with Crippen LogP contribution in [-0.2, 0) is 16.1 Å². The van der Waals surface area contributed by atoms with E-state index in [-0.39, 0.29) is 11.8 Å². The molecule has 2 heterocycles. The predicted octanol–water partition coefficient (Wildman–Crippen LogP) is -0.266. The van der Waals surface area contributed by atoms with Crippen LogP contribution in [-0.4, -0.2) is 50.1 Å². The number of nitrogens with one attached hydrogen (secondary N) is 3. The number of nitrogens with zero attached hydrogens (tertiary/aromatic N) is 1. The van der Waals surface area contributed by atoms with Crippen LogP contribution in [0.15, 0.2) is 54.6 Å². The Morgan fingerprint density at radius 3 is 2.31 bits per heavy atom. The molecule has 0 atom stereocenters. The average Bonchev–Trinajstić information content (AvgIpc) is 2.71. The molecule has 1 saturated heterocycles. The van der Waals surface area contributed by atoms with Crippen LogP contribution >= 0.6 is 0 Å². The van der Waals surface area contributed by atoms with Crippen LogP contribution in [0.4, 0.5) is 11.4 Å². The zero-order valence-electron chi connectivity index (χ0n) is 17.2. The molecular weight excluding hydrogens is 364 g/mol. The summed E-state index contributed by atoms with van der Waals surface area (Å²) in [5.41, 5.74) is 1.96. The number of hydrogen-bond donors (Lipinski definition) is 3. The summed E-state index contributed by atoms with van der Waals surface area (Å²) in [6, 6.07) is 18.1. The molecule has 29 heavy (non-hydrogen) atoms. The first-order valence-electron chi connectivity index (χ1n) is 10.4. The van der Waals surface area contributed by atoms with Gasteiger partial charge in [0, 0.05) is 5.56 Å². The molecule has 0 spiro atoms. The fourth-order valence-electron chi connectivity index (χ4n) is 4.39. The minimum absolute atomic E-state index is 0.0128. The summed E-state index contributed by atoms with van der Waals surface area (Å²) >= 11 is 0. The maximum atomic E-state index is 13.3. The van der Waals surface area contributed by atoms with E-state index in [4.69, 9.17) is 0 Å². The predicted molar refractivity (Wildman–Crippen MR) is 113 cm³/mol. The quantitative estimate of drug-likeness (QED) is 0.669. The minimum atomic E-state index is -0.898. The number of carbonyl (C=O) groups excluding carboxylic acids is 2. The van der Waals surface area contributed by atoms with Gasteiger partial charge in [-0.2, -0.15) is 0 Å². The molecule has 0 saturated carbocycles. The minimum Gasteiger partial charge on any atom is -0.322 e. The Hall–Kier alpha value is -2.70. The Bertz CT molecular complexity index is 889. The largest absolute Gasteiger partial charge is 0.322 e. The number of quaternary nitrogens is 2. The maximum absolute atomic E-state index is 13.3. The van der Waals surface area contributed by atoms with Crippen molar-refractivity contribution in [2.45, 2.75) is 25.9 Å². The maximum Gasteiger partial charge on any atom is 0.283 e. The van der Waals surface area contributed by atoms with Crippen LogP contribution in [0, 0.1) is 0 Å². The van der Waals surface area contributed by atoms with Gasteiger partial charge in [0.2, 0.25) is 5.91 Å². The number of amides is 2. The molecule has 6 heteroatoms. The number of rotatable bonds is 4. The number of piperazine rings is 1. The Kier molecular flexibility index (Phi) is 5.39. The van der Waals surface area contributed by atoms with E-state index in [1.807, 2.05) is 44.2 Å². The van der Waals surface area contributed by atoms with E-state index in [2.05, 4.69) is 29.6 Å². The van der Waals surface area contributed by atoms with E-state index in [9.17, 15) is 9.59 Å². The van der Waals surface area contributed by atoms with Gasteiger partial charge in [-0.1, -0.05) is 42.5 Å². The van der Waals surface area contributed by atoms with Gasteiger partial charge in [0.1, 0.15) is 38.3 Å². The fourth-order valence-corrected chi connectivity index (χ4v) is 4.39. The Morgan fingerprint density at radius 1 is 0.966 bits per heavy atom. The molecule has 1 fully saturated rings. The molecular formula is C23H30N4O2+2. The molecule has 0 aromatic heterocycles. The van der Waals surface area contributed by atoms with Crippen molar-refractivity contribution in [1.82, 2.24) is 0 Å². The summed E-state index contributed by atoms with van der Waals surface area (Å²) in [7, 11) is 0. The summed E-state index contributed by atoms with van der Waals surface area (Å²) in [4.78, 5) is 30.4. The van der Waals surface area contributed by atoms with Gasteiger partial charge in [-0.25, -0.2) is 0 Å². The standard InChI is InChI=1S/C23H28N4O2/c1-23(2)22(29)24-19-10-6-7-11-20(19)27(23)21(28)17-26-14-12-25(13-15-26)16-18-8-4-3-5-9-18/h3-11H,12-17H2,1-2H3,(H,24,29)/p+2. The van der Waals surface area contributed by atoms with Crippen LogP contribution in [0.2, 0.25) is 0 Å². The van der Waals surface area contributed by atoms with Gasteiger partial charge in [-0.05, 0) is 26.0 Å². The smallest absolute Gasteiger partial charge is 0.283 e. The highest BCUT2D eigenvalue weighted by Crippen LogP contribution is 2.36. The second-order valence-electron chi connectivity index (χ2n) is 8.60. The van der Waals surface area contributed by atoms with Crippen molar-refractivity contribution in [2.75, 3.05) is 42.9 Å². The van der Waals surface area contributed by atoms with E-state index in [0.29, 0.717) is 12.2 Å². The first kappa shape index (κ1) is 19.6. The van der Waals surface area contributed by atoms with Gasteiger partial charge >= 0.3 is 0 Å². The number of fused-ring (bicyclic) bond motifs is 1. The molecule has 2 aliphatic heterocycles. The molecule has 0 unspecified atom stereocenters. The Balaban J connectivity index is 1.40. The molecule has 2 aliphatic rings. The molecule has 2 aromatic carbocycles. The highest BCUT2D eigenvalue weighted by Gasteiger charge is 2.44. The van der Waals surface area contributed by atoms with E-state index < -0.39 is 5.54 Å². The van der Waals surface area contributed by atoms with Gasteiger partial charge < -0.3 is 15.1 Å². The molecule has 4 rings (SSSR count). The lowest BCUT2D eigenvalue weighted by molar-refractivity contribution is -1.02. The van der Waals surface area contributed by atoms with Gasteiger partial charge in [0.05, 0.1) is 11.4 Å². The van der Waals surface area contributed by atoms with Gasteiger partial charge in [0.15, 0.2) is 6.54 Å². The van der Waals surface area contributed by atoms with Crippen molar-refractivity contribution in [1.29, 1.82) is 0 Å². The number of para-hydroxylation sites is 2. The van der Waals surface area contributed by atoms with Crippen molar-refractivity contribution in [3.63, 3.8) is 0 Å². The normalized spacial score (nSPS) is 23.2. The number of carbonyl (C=O) groups is 2. The third kappa shape index (κ3) is 4.04. The lowest BCUT2D eigenvalue weighted by atomic mass is 9.96. The molecule has 6 nitrogen and oxygen atoms in total. The van der Waals surface area contributed by atoms with Crippen LogP contribution in [0.5, 0.6) is 0 Å². The monoisotopic (exact) mass is 394 g/mol. The van der Waals surface area contributed by atoms with Gasteiger partial charge in [-0.15, -0.1) is 0 Å². The highest BCUT2D eigenvalue weighted by molar-refractivity contribution is 6.14. The van der Waals surface area contributed by atoms with Crippen molar-refractivity contribution in [3.05, 3.63) is 60.2 Å². The van der Waals surface area contributed by atoms with E-state index >= 15 is 0 Å². The van der Waals surface area contributed by atoms with Crippen molar-refractivity contribution in [3.8, 4) is 0 Å². The third-order valence-corrected chi connectivity index (χ3v) is 6.12. The zero-order chi connectivity index (χ0) is 20.4. The first-order chi connectivity index (χ1) is 13.9. The highest BCUT2D eigenvalue weighted by atomic mass is 16.2. The molecule has 152 valence electrons. The fraction of sp³-hybridized carbons (Fsp3) is 0.391. The van der Waals surface area contributed by atoms with Crippen molar-refractivity contribution < 1.29 is 19.4 Å². The van der Waals surface area contributed by atoms with E-state index in [0.717, 1.165) is 38.4 Å². The molecule has 2 aromatic rings. The zero-order valence-corrected chi connectivity index (χ0v) is 17.2. The number of anilines is 2. The molecule has 0 aliphatic carbocycles. The van der Waals surface area contributed by atoms with Crippen LogP contribution in [0.1, 0.15) is 19.4 Å². The summed E-state index contributed by atoms with van der Waals surface area (Å²) in [6.07, 6.45) is 0. The first-order valence-corrected chi connectivity index (χ1v) is 10.4. The van der Waals surface area contributed by atoms with Crippen LogP contribution in [0.3, 0.4) is 0 Å². The second kappa shape index (κ2) is 7.97. The van der Waals surface area contributed by atoms with Crippen molar-refractivity contribution >= 4 is 23.2 Å². The number of benzene rings is 2. The number of hydrogen-bond acceptors (Lipinski definition) is 2. The summed E-state index contributed by atoms with van der Waals surface area (Å²) in [5, 5.41) is 2.92. The van der Waals surface area contributed by atoms with Crippen LogP contribution in [0.25, 0.3) is 0 Å². The summed E-state index contributed by atoms with van der Waals surface area (Å²) in [6.45, 7) is 9.13. The Morgan fingerprint density at radius 2 is 1.59 bits per heavy atom. The lowest BCUT2D eigenvalue weighted by Gasteiger charge is -2.42. The van der Waals surface area contributed by atoms with E-state index in [1.54, 1.807) is 9.80 Å². The lowest BCUT2D eigenvalue weighted by Crippen LogP contribution is -3.28. The summed E-state index contributed by atoms with van der Waals surface area (Å²) in [5.74, 6) is -0.129. The SMILES string of the molecule is CC1(C)C(=O)Nc2ccccc2N1C(=O)C[NH+]1CC[NH+](Cc2ccccc2)CC1. The van der Waals surface area contributed by atoms with Crippen molar-refractivity contribution in [2.24, 2.45) is 0 Å². The van der Waals surface area contributed by atoms with Gasteiger partial charge in [-0.3, -0.25) is 14.5 Å². The summed E-state index contributed by atoms with van der Waals surface area (Å²) < 4.78 is 0. The molecule has 0 radical (unpaired) electrons. The van der Waals surface area contributed by atoms with E-state index in [1.165, 1.54) is 10.5 Å². The molecule has 0 bridgehead atoms. The molecule has 3 N–H and O–H groups in total. The molecule has 2 amide bonds. The van der Waals surface area contributed by atoms with Crippen LogP contribution < -0.4 is 20.0 Å². The topological polar surface area (TPSA) is 58.3 Å². The van der Waals surface area contributed by atoms with Gasteiger partial charge in [0.25, 0.3) is 5.91 Å². The average molecular weight is 395 g/mol.